The number of ether oxygens (including phenoxy) is 3. The van der Waals surface area contributed by atoms with E-state index in [0.717, 1.165) is 25.7 Å². The fourth-order valence-electron chi connectivity index (χ4n) is 4.51. The Bertz CT molecular complexity index is 741. The second kappa shape index (κ2) is 11.5. The Balaban J connectivity index is 1.99. The normalized spacial score (nSPS) is 27.5. The van der Waals surface area contributed by atoms with Crippen LogP contribution in [0.4, 0.5) is 0 Å². The van der Waals surface area contributed by atoms with Gasteiger partial charge in [-0.2, -0.15) is 0 Å². The third-order valence-corrected chi connectivity index (χ3v) is 6.31. The summed E-state index contributed by atoms with van der Waals surface area (Å²) in [4.78, 5) is 35.6. The highest BCUT2D eigenvalue weighted by atomic mass is 16.6. The maximum Gasteiger partial charge on any atom is 0.305 e. The van der Waals surface area contributed by atoms with Gasteiger partial charge in [0.25, 0.3) is 0 Å². The predicted molar refractivity (Wildman–Crippen MR) is 117 cm³/mol. The lowest BCUT2D eigenvalue weighted by atomic mass is 9.83. The van der Waals surface area contributed by atoms with Crippen molar-refractivity contribution in [2.45, 2.75) is 91.0 Å². The number of methoxy groups -OCH3 is 1. The van der Waals surface area contributed by atoms with E-state index in [4.69, 9.17) is 9.47 Å². The van der Waals surface area contributed by atoms with Crippen molar-refractivity contribution < 1.29 is 28.6 Å². The van der Waals surface area contributed by atoms with E-state index in [9.17, 15) is 14.4 Å². The molecule has 0 aromatic carbocycles. The maximum absolute atomic E-state index is 12.7. The number of rotatable bonds is 10. The Morgan fingerprint density at radius 1 is 1.19 bits per heavy atom. The number of carbonyl (C=O) groups excluding carboxylic acids is 3. The Hall–Kier alpha value is -2.13. The van der Waals surface area contributed by atoms with E-state index in [-0.39, 0.29) is 47.9 Å². The predicted octanol–water partition coefficient (Wildman–Crippen LogP) is 4.01. The molecule has 172 valence electrons. The first-order valence-electron chi connectivity index (χ1n) is 11.2. The van der Waals surface area contributed by atoms with Crippen molar-refractivity contribution in [1.29, 1.82) is 0 Å². The molecule has 0 aromatic rings. The Morgan fingerprint density at radius 3 is 2.58 bits per heavy atom. The molecule has 0 N–H and O–H groups in total. The van der Waals surface area contributed by atoms with Gasteiger partial charge in [-0.05, 0) is 38.2 Å². The molecule has 2 rings (SSSR count). The number of fused-ring (bicyclic) bond motifs is 1. The fraction of sp³-hybridized carbons (Fsp3) is 0.720. The van der Waals surface area contributed by atoms with E-state index in [1.165, 1.54) is 14.0 Å². The van der Waals surface area contributed by atoms with E-state index in [2.05, 4.69) is 16.6 Å². The third-order valence-electron chi connectivity index (χ3n) is 6.31. The van der Waals surface area contributed by atoms with E-state index in [0.29, 0.717) is 19.3 Å². The monoisotopic (exact) mass is 432 g/mol. The van der Waals surface area contributed by atoms with Crippen LogP contribution in [-0.2, 0) is 28.6 Å². The number of allylic oxidation sites excluding steroid dienone is 1. The number of hydrogen-bond acceptors (Lipinski definition) is 6. The van der Waals surface area contributed by atoms with Gasteiger partial charge in [-0.15, -0.1) is 11.8 Å². The summed E-state index contributed by atoms with van der Waals surface area (Å²) in [5, 5.41) is 0. The Morgan fingerprint density at radius 2 is 1.94 bits per heavy atom. The summed E-state index contributed by atoms with van der Waals surface area (Å²) in [5.41, 5.74) is -0.553. The average molecular weight is 433 g/mol. The molecule has 5 atom stereocenters. The maximum atomic E-state index is 12.7. The minimum absolute atomic E-state index is 0.0264. The summed E-state index contributed by atoms with van der Waals surface area (Å²) in [7, 11) is 1.40. The lowest BCUT2D eigenvalue weighted by Crippen LogP contribution is -2.26. The van der Waals surface area contributed by atoms with Gasteiger partial charge in [0.2, 0.25) is 0 Å². The molecule has 0 aromatic heterocycles. The highest BCUT2D eigenvalue weighted by Gasteiger charge is 2.49. The standard InChI is InChI=1S/C25H36O6/c1-6-7-14-25(3,4)23(27)13-12-19-20-15-18(10-8-9-11-24(28)29-5)31-22(20)16-21(19)30-17(2)26/h12-13,18-22H,8-11,14-16H2,1-5H3/b13-12+/t18-,19-,20-,21-,22+/m1/s1. The second-order valence-electron chi connectivity index (χ2n) is 9.19. The Kier molecular flexibility index (Phi) is 9.31. The van der Waals surface area contributed by atoms with Crippen LogP contribution < -0.4 is 0 Å². The fourth-order valence-corrected chi connectivity index (χ4v) is 4.51. The van der Waals surface area contributed by atoms with Gasteiger partial charge >= 0.3 is 11.9 Å². The third kappa shape index (κ3) is 7.21. The summed E-state index contributed by atoms with van der Waals surface area (Å²) in [6.07, 6.45) is 8.48. The van der Waals surface area contributed by atoms with Gasteiger partial charge in [-0.25, -0.2) is 0 Å². The molecule has 31 heavy (non-hydrogen) atoms. The molecule has 1 aliphatic carbocycles. The topological polar surface area (TPSA) is 78.9 Å². The van der Waals surface area contributed by atoms with Crippen LogP contribution in [0.5, 0.6) is 0 Å². The number of esters is 2. The van der Waals surface area contributed by atoms with Gasteiger partial charge in [-0.1, -0.05) is 26.3 Å². The van der Waals surface area contributed by atoms with Crippen molar-refractivity contribution >= 4 is 17.7 Å². The minimum Gasteiger partial charge on any atom is -0.469 e. The number of hydrogen-bond donors (Lipinski definition) is 0. The summed E-state index contributed by atoms with van der Waals surface area (Å²) in [6, 6.07) is 0. The first-order valence-corrected chi connectivity index (χ1v) is 11.2. The molecule has 1 saturated carbocycles. The van der Waals surface area contributed by atoms with Gasteiger partial charge in [0.1, 0.15) is 6.10 Å². The molecule has 2 fully saturated rings. The SMILES string of the molecule is CC#CCC(C)(C)C(=O)/C=C/[C@@H]1[C@H]2C[C@@H](CCCCC(=O)OC)O[C@H]2C[C@H]1OC(C)=O. The molecule has 0 unspecified atom stereocenters. The zero-order valence-corrected chi connectivity index (χ0v) is 19.4. The van der Waals surface area contributed by atoms with Crippen LogP contribution in [0.3, 0.4) is 0 Å². The van der Waals surface area contributed by atoms with Crippen LogP contribution >= 0.6 is 0 Å². The minimum atomic E-state index is -0.553. The number of unbranched alkanes of at least 4 members (excludes halogenated alkanes) is 1. The van der Waals surface area contributed by atoms with Crippen LogP contribution in [0.1, 0.15) is 72.6 Å². The highest BCUT2D eigenvalue weighted by molar-refractivity contribution is 5.94. The van der Waals surface area contributed by atoms with Crippen LogP contribution in [0.2, 0.25) is 0 Å². The second-order valence-corrected chi connectivity index (χ2v) is 9.19. The number of ketones is 1. The summed E-state index contributed by atoms with van der Waals surface area (Å²) < 4.78 is 16.5. The molecule has 1 saturated heterocycles. The lowest BCUT2D eigenvalue weighted by Gasteiger charge is -2.22. The first-order chi connectivity index (χ1) is 14.7. The summed E-state index contributed by atoms with van der Waals surface area (Å²) >= 11 is 0. The van der Waals surface area contributed by atoms with Gasteiger partial charge in [0, 0.05) is 37.5 Å². The molecule has 1 aliphatic heterocycles. The van der Waals surface area contributed by atoms with Crippen LogP contribution in [0.15, 0.2) is 12.2 Å². The van der Waals surface area contributed by atoms with Gasteiger partial charge in [0.05, 0.1) is 19.3 Å². The number of carbonyl (C=O) groups is 3. The molecular formula is C25H36O6. The van der Waals surface area contributed by atoms with Crippen LogP contribution in [0, 0.1) is 29.1 Å². The highest BCUT2D eigenvalue weighted by Crippen LogP contribution is 2.46. The molecule has 6 nitrogen and oxygen atoms in total. The van der Waals surface area contributed by atoms with Gasteiger partial charge in [0.15, 0.2) is 5.78 Å². The smallest absolute Gasteiger partial charge is 0.305 e. The van der Waals surface area contributed by atoms with Crippen molar-refractivity contribution in [3.05, 3.63) is 12.2 Å². The quantitative estimate of drug-likeness (QED) is 0.225. The van der Waals surface area contributed by atoms with Crippen molar-refractivity contribution in [2.75, 3.05) is 7.11 Å². The Labute approximate surface area is 186 Å². The molecule has 0 bridgehead atoms. The summed E-state index contributed by atoms with van der Waals surface area (Å²) in [5.74, 6) is 5.54. The molecule has 0 amide bonds. The molecular weight excluding hydrogens is 396 g/mol. The largest absolute Gasteiger partial charge is 0.469 e. The zero-order valence-electron chi connectivity index (χ0n) is 19.4. The average Bonchev–Trinajstić information content (AvgIpc) is 3.24. The molecule has 0 spiro atoms. The van der Waals surface area contributed by atoms with E-state index < -0.39 is 5.41 Å². The van der Waals surface area contributed by atoms with Crippen molar-refractivity contribution in [3.8, 4) is 11.8 Å². The lowest BCUT2D eigenvalue weighted by molar-refractivity contribution is -0.148. The van der Waals surface area contributed by atoms with Crippen molar-refractivity contribution in [3.63, 3.8) is 0 Å². The van der Waals surface area contributed by atoms with Gasteiger partial charge in [-0.3, -0.25) is 14.4 Å². The van der Waals surface area contributed by atoms with Crippen LogP contribution in [0.25, 0.3) is 0 Å². The van der Waals surface area contributed by atoms with E-state index in [1.807, 2.05) is 19.9 Å². The van der Waals surface area contributed by atoms with Gasteiger partial charge < -0.3 is 14.2 Å². The summed E-state index contributed by atoms with van der Waals surface area (Å²) in [6.45, 7) is 6.98. The first kappa shape index (κ1) is 25.1. The van der Waals surface area contributed by atoms with Crippen molar-refractivity contribution in [1.82, 2.24) is 0 Å². The van der Waals surface area contributed by atoms with E-state index >= 15 is 0 Å². The van der Waals surface area contributed by atoms with Crippen molar-refractivity contribution in [2.24, 2.45) is 17.3 Å². The molecule has 6 heteroatoms. The zero-order chi connectivity index (χ0) is 23.0. The molecule has 0 radical (unpaired) electrons. The van der Waals surface area contributed by atoms with Crippen LogP contribution in [-0.4, -0.2) is 43.1 Å². The molecule has 1 heterocycles. The van der Waals surface area contributed by atoms with E-state index in [1.54, 1.807) is 13.0 Å². The molecule has 2 aliphatic rings.